The molecule has 0 spiro atoms. The van der Waals surface area contributed by atoms with Crippen LogP contribution in [0.3, 0.4) is 0 Å². The Morgan fingerprint density at radius 3 is 2.58 bits per heavy atom. The van der Waals surface area contributed by atoms with Crippen molar-refractivity contribution in [1.29, 1.82) is 0 Å². The molecule has 2 aromatic carbocycles. The average molecular weight is 514 g/mol. The van der Waals surface area contributed by atoms with E-state index >= 15 is 0 Å². The highest BCUT2D eigenvalue weighted by Gasteiger charge is 2.26. The molecule has 2 aromatic heterocycles. The van der Waals surface area contributed by atoms with E-state index in [9.17, 15) is 4.79 Å². The Balaban J connectivity index is 1.67. The molecule has 38 heavy (non-hydrogen) atoms. The van der Waals surface area contributed by atoms with E-state index in [0.717, 1.165) is 58.6 Å². The van der Waals surface area contributed by atoms with Gasteiger partial charge in [-0.15, -0.1) is 5.10 Å². The predicted octanol–water partition coefficient (Wildman–Crippen LogP) is 4.35. The number of carbonyl (C=O) groups is 1. The zero-order chi connectivity index (χ0) is 26.8. The van der Waals surface area contributed by atoms with Crippen molar-refractivity contribution in [3.63, 3.8) is 0 Å². The SMILES string of the molecule is CNCCC(Oc1ccc(N2CCCC2=O)cc1-n1nc2c(N(C)C)nnc(C)c2c1C)c1ccccc1. The molecule has 5 rings (SSSR count). The Morgan fingerprint density at radius 1 is 1.11 bits per heavy atom. The van der Waals surface area contributed by atoms with Gasteiger partial charge in [-0.05, 0) is 57.6 Å². The summed E-state index contributed by atoms with van der Waals surface area (Å²) in [6.07, 6.45) is 2.07. The summed E-state index contributed by atoms with van der Waals surface area (Å²) in [5, 5.41) is 18.0. The van der Waals surface area contributed by atoms with Gasteiger partial charge in [0.05, 0.1) is 16.8 Å². The lowest BCUT2D eigenvalue weighted by Gasteiger charge is -2.24. The number of nitrogens with one attached hydrogen (secondary N) is 1. The van der Waals surface area contributed by atoms with Gasteiger partial charge in [-0.25, -0.2) is 4.68 Å². The monoisotopic (exact) mass is 513 g/mol. The van der Waals surface area contributed by atoms with Crippen LogP contribution in [0.25, 0.3) is 16.6 Å². The summed E-state index contributed by atoms with van der Waals surface area (Å²) in [6.45, 7) is 5.51. The number of amides is 1. The second-order valence-electron chi connectivity index (χ2n) is 9.93. The van der Waals surface area contributed by atoms with Crippen molar-refractivity contribution >= 4 is 28.3 Å². The van der Waals surface area contributed by atoms with E-state index in [1.54, 1.807) is 0 Å². The molecule has 3 heterocycles. The number of carbonyl (C=O) groups excluding carboxylic acids is 1. The van der Waals surface area contributed by atoms with Crippen LogP contribution in [0.15, 0.2) is 48.5 Å². The Bertz CT molecular complexity index is 1450. The smallest absolute Gasteiger partial charge is 0.227 e. The molecule has 198 valence electrons. The Labute approximate surface area is 223 Å². The van der Waals surface area contributed by atoms with E-state index in [0.29, 0.717) is 24.5 Å². The lowest BCUT2D eigenvalue weighted by atomic mass is 10.1. The zero-order valence-electron chi connectivity index (χ0n) is 22.7. The van der Waals surface area contributed by atoms with Crippen LogP contribution in [0.5, 0.6) is 5.75 Å². The molecule has 1 unspecified atom stereocenters. The highest BCUT2D eigenvalue weighted by Crippen LogP contribution is 2.37. The van der Waals surface area contributed by atoms with Crippen LogP contribution in [-0.4, -0.2) is 60.1 Å². The fourth-order valence-electron chi connectivity index (χ4n) is 5.10. The molecule has 1 saturated heterocycles. The number of rotatable bonds is 9. The molecule has 1 aliphatic heterocycles. The van der Waals surface area contributed by atoms with E-state index in [-0.39, 0.29) is 12.0 Å². The Kier molecular flexibility index (Phi) is 7.28. The third-order valence-corrected chi connectivity index (χ3v) is 7.06. The van der Waals surface area contributed by atoms with Crippen LogP contribution in [0, 0.1) is 13.8 Å². The molecular formula is C29H35N7O2. The normalized spacial score (nSPS) is 14.3. The fraction of sp³-hybridized carbons (Fsp3) is 0.379. The topological polar surface area (TPSA) is 88.4 Å². The number of hydrogen-bond donors (Lipinski definition) is 1. The molecular weight excluding hydrogens is 478 g/mol. The first-order valence-corrected chi connectivity index (χ1v) is 13.1. The molecule has 1 aliphatic rings. The third kappa shape index (κ3) is 4.81. The number of benzene rings is 2. The van der Waals surface area contributed by atoms with Crippen molar-refractivity contribution in [2.24, 2.45) is 0 Å². The molecule has 0 saturated carbocycles. The van der Waals surface area contributed by atoms with Crippen molar-refractivity contribution < 1.29 is 9.53 Å². The molecule has 9 nitrogen and oxygen atoms in total. The number of aromatic nitrogens is 4. The average Bonchev–Trinajstić information content (AvgIpc) is 3.50. The number of anilines is 2. The molecule has 0 radical (unpaired) electrons. The van der Waals surface area contributed by atoms with Gasteiger partial charge in [0.2, 0.25) is 5.91 Å². The molecule has 1 atom stereocenters. The van der Waals surface area contributed by atoms with Gasteiger partial charge in [-0.1, -0.05) is 30.3 Å². The number of ether oxygens (including phenoxy) is 1. The van der Waals surface area contributed by atoms with Gasteiger partial charge in [-0.2, -0.15) is 10.2 Å². The first-order chi connectivity index (χ1) is 18.4. The standard InChI is InChI=1S/C29H35N7O2/c1-19-27-20(2)36(33-28(27)29(32-31-19)34(4)5)23-18-22(35-17-9-12-26(35)37)13-14-25(23)38-24(15-16-30-3)21-10-7-6-8-11-21/h6-8,10-11,13-14,18,24,30H,9,12,15-17H2,1-5H3. The maximum absolute atomic E-state index is 12.6. The molecule has 4 aromatic rings. The molecule has 1 fully saturated rings. The molecule has 0 aliphatic carbocycles. The van der Waals surface area contributed by atoms with Crippen molar-refractivity contribution in [2.45, 2.75) is 39.2 Å². The summed E-state index contributed by atoms with van der Waals surface area (Å²) in [7, 11) is 5.82. The number of hydrogen-bond acceptors (Lipinski definition) is 7. The highest BCUT2D eigenvalue weighted by atomic mass is 16.5. The van der Waals surface area contributed by atoms with E-state index in [4.69, 9.17) is 9.84 Å². The van der Waals surface area contributed by atoms with Crippen LogP contribution < -0.4 is 19.9 Å². The van der Waals surface area contributed by atoms with Gasteiger partial charge < -0.3 is 19.9 Å². The molecule has 9 heteroatoms. The summed E-state index contributed by atoms with van der Waals surface area (Å²) in [4.78, 5) is 16.4. The lowest BCUT2D eigenvalue weighted by molar-refractivity contribution is -0.117. The number of fused-ring (bicyclic) bond motifs is 1. The predicted molar refractivity (Wildman–Crippen MR) is 150 cm³/mol. The quantitative estimate of drug-likeness (QED) is 0.356. The van der Waals surface area contributed by atoms with Crippen molar-refractivity contribution in [1.82, 2.24) is 25.3 Å². The largest absolute Gasteiger partial charge is 0.483 e. The maximum atomic E-state index is 12.6. The summed E-state index contributed by atoms with van der Waals surface area (Å²) < 4.78 is 8.66. The van der Waals surface area contributed by atoms with Gasteiger partial charge in [0.15, 0.2) is 5.82 Å². The molecule has 0 bridgehead atoms. The second-order valence-corrected chi connectivity index (χ2v) is 9.93. The minimum atomic E-state index is -0.158. The highest BCUT2D eigenvalue weighted by molar-refractivity contribution is 5.96. The van der Waals surface area contributed by atoms with Crippen LogP contribution in [0.4, 0.5) is 11.5 Å². The van der Waals surface area contributed by atoms with Crippen LogP contribution in [-0.2, 0) is 4.79 Å². The van der Waals surface area contributed by atoms with Crippen molar-refractivity contribution in [3.05, 3.63) is 65.5 Å². The minimum Gasteiger partial charge on any atom is -0.483 e. The molecule has 1 N–H and O–H groups in total. The van der Waals surface area contributed by atoms with Crippen molar-refractivity contribution in [2.75, 3.05) is 44.0 Å². The fourth-order valence-corrected chi connectivity index (χ4v) is 5.10. The van der Waals surface area contributed by atoms with Crippen LogP contribution >= 0.6 is 0 Å². The summed E-state index contributed by atoms with van der Waals surface area (Å²) in [6, 6.07) is 16.2. The minimum absolute atomic E-state index is 0.141. The summed E-state index contributed by atoms with van der Waals surface area (Å²) in [5.41, 5.74) is 5.28. The van der Waals surface area contributed by atoms with Gasteiger partial charge in [-0.3, -0.25) is 4.79 Å². The van der Waals surface area contributed by atoms with E-state index < -0.39 is 0 Å². The van der Waals surface area contributed by atoms with E-state index in [2.05, 4.69) is 27.6 Å². The third-order valence-electron chi connectivity index (χ3n) is 7.06. The van der Waals surface area contributed by atoms with Gasteiger partial charge in [0, 0.05) is 39.2 Å². The maximum Gasteiger partial charge on any atom is 0.227 e. The Morgan fingerprint density at radius 2 is 1.89 bits per heavy atom. The van der Waals surface area contributed by atoms with Gasteiger partial charge >= 0.3 is 0 Å². The molecule has 1 amide bonds. The van der Waals surface area contributed by atoms with E-state index in [1.807, 2.05) is 85.9 Å². The Hall–Kier alpha value is -3.98. The first-order valence-electron chi connectivity index (χ1n) is 13.1. The van der Waals surface area contributed by atoms with E-state index in [1.165, 1.54) is 0 Å². The summed E-state index contributed by atoms with van der Waals surface area (Å²) in [5.74, 6) is 1.55. The number of nitrogens with zero attached hydrogens (tertiary/aromatic N) is 6. The zero-order valence-corrected chi connectivity index (χ0v) is 22.7. The van der Waals surface area contributed by atoms with Crippen LogP contribution in [0.1, 0.15) is 42.3 Å². The first kappa shape index (κ1) is 25.7. The van der Waals surface area contributed by atoms with Gasteiger partial charge in [0.1, 0.15) is 23.1 Å². The second kappa shape index (κ2) is 10.8. The van der Waals surface area contributed by atoms with Gasteiger partial charge in [0.25, 0.3) is 0 Å². The van der Waals surface area contributed by atoms with Crippen LogP contribution in [0.2, 0.25) is 0 Å². The van der Waals surface area contributed by atoms with Crippen molar-refractivity contribution in [3.8, 4) is 11.4 Å². The summed E-state index contributed by atoms with van der Waals surface area (Å²) >= 11 is 0. The number of aryl methyl sites for hydroxylation is 2. The lowest BCUT2D eigenvalue weighted by Crippen LogP contribution is -2.24.